The van der Waals surface area contributed by atoms with E-state index in [1.54, 1.807) is 9.80 Å². The summed E-state index contributed by atoms with van der Waals surface area (Å²) in [7, 11) is 4.95. The number of nitrogens with one attached hydrogen (secondary N) is 2. The lowest BCUT2D eigenvalue weighted by Gasteiger charge is -2.35. The molecule has 0 aromatic carbocycles. The van der Waals surface area contributed by atoms with Crippen LogP contribution in [0.2, 0.25) is 0 Å². The maximum Gasteiger partial charge on any atom is 0.282 e. The smallest absolute Gasteiger partial charge is 0.282 e. The molecule has 0 spiro atoms. The Hall–Kier alpha value is -1.95. The van der Waals surface area contributed by atoms with Crippen LogP contribution in [-0.2, 0) is 47.5 Å². The first kappa shape index (κ1) is 39.1. The van der Waals surface area contributed by atoms with Gasteiger partial charge in [-0.2, -0.15) is 12.6 Å². The zero-order valence-corrected chi connectivity index (χ0v) is 26.2. The molecule has 246 valence electrons. The Kier molecular flexibility index (Phi) is 25.1. The molecule has 1 fully saturated rings. The predicted octanol–water partition coefficient (Wildman–Crippen LogP) is -1.05. The molecule has 0 saturated carbocycles. The molecular weight excluding hydrogens is 583 g/mol. The summed E-state index contributed by atoms with van der Waals surface area (Å²) >= 11 is 3.87. The Bertz CT molecular complexity index is 763. The Morgan fingerprint density at radius 3 is 1.51 bits per heavy atom. The number of carbonyl (C=O) groups is 4. The standard InChI is InChI=1S/C27H49BN4O10S/c28-42-12-2-1-6-29-24(33)3-13-37-14-4-26(35)31-8-10-32(11-9-31)27(36)5-15-38-17-19-40-21-22-41-20-18-39-16-7-30-25(34)23-43/h43H,1-23H2,(H,29,33)(H,30,34). The van der Waals surface area contributed by atoms with E-state index in [4.69, 9.17) is 31.7 Å². The number of piperazine rings is 1. The third kappa shape index (κ3) is 22.3. The van der Waals surface area contributed by atoms with Crippen molar-refractivity contribution in [2.45, 2.75) is 32.1 Å². The fourth-order valence-electron chi connectivity index (χ4n) is 3.81. The van der Waals surface area contributed by atoms with Crippen LogP contribution < -0.4 is 10.6 Å². The number of unbranched alkanes of at least 4 members (excludes halogenated alkanes) is 1. The second kappa shape index (κ2) is 27.6. The maximum atomic E-state index is 12.4. The fourth-order valence-corrected chi connectivity index (χ4v) is 3.93. The molecule has 4 amide bonds. The lowest BCUT2D eigenvalue weighted by molar-refractivity contribution is -0.140. The van der Waals surface area contributed by atoms with E-state index in [1.807, 2.05) is 0 Å². The predicted molar refractivity (Wildman–Crippen MR) is 162 cm³/mol. The summed E-state index contributed by atoms with van der Waals surface area (Å²) < 4.78 is 31.6. The number of hydrogen-bond donors (Lipinski definition) is 3. The molecule has 0 aromatic heterocycles. The monoisotopic (exact) mass is 632 g/mol. The van der Waals surface area contributed by atoms with Crippen molar-refractivity contribution in [2.24, 2.45) is 0 Å². The molecule has 1 rings (SSSR count). The number of hydrogen-bond acceptors (Lipinski definition) is 11. The third-order valence-electron chi connectivity index (χ3n) is 6.22. The summed E-state index contributed by atoms with van der Waals surface area (Å²) in [5, 5.41) is 5.45. The molecule has 2 N–H and O–H groups in total. The van der Waals surface area contributed by atoms with Gasteiger partial charge in [-0.3, -0.25) is 19.2 Å². The molecule has 0 unspecified atom stereocenters. The highest BCUT2D eigenvalue weighted by Crippen LogP contribution is 2.06. The lowest BCUT2D eigenvalue weighted by Crippen LogP contribution is -2.50. The van der Waals surface area contributed by atoms with Gasteiger partial charge in [0, 0.05) is 52.3 Å². The summed E-state index contributed by atoms with van der Waals surface area (Å²) in [6, 6.07) is 0. The van der Waals surface area contributed by atoms with Gasteiger partial charge in [0.05, 0.1) is 84.7 Å². The second-order valence-electron chi connectivity index (χ2n) is 9.51. The van der Waals surface area contributed by atoms with Crippen molar-refractivity contribution in [3.8, 4) is 0 Å². The van der Waals surface area contributed by atoms with E-state index in [9.17, 15) is 19.2 Å². The van der Waals surface area contributed by atoms with E-state index >= 15 is 0 Å². The van der Waals surface area contributed by atoms with E-state index in [-0.39, 0.29) is 61.9 Å². The Morgan fingerprint density at radius 1 is 0.558 bits per heavy atom. The average molecular weight is 633 g/mol. The summed E-state index contributed by atoms with van der Waals surface area (Å²) in [4.78, 5) is 51.1. The largest absolute Gasteiger partial charge is 0.448 e. The first-order valence-electron chi connectivity index (χ1n) is 14.9. The van der Waals surface area contributed by atoms with Gasteiger partial charge >= 0.3 is 0 Å². The van der Waals surface area contributed by atoms with E-state index in [0.29, 0.717) is 98.7 Å². The van der Waals surface area contributed by atoms with Gasteiger partial charge in [0.25, 0.3) is 8.05 Å². The SMILES string of the molecule is [B]OCCCCNC(=O)CCOCCC(=O)N1CCN(C(=O)CCOCCOCCOCCOCCNC(=O)CS)CC1. The molecule has 0 aliphatic carbocycles. The zero-order valence-electron chi connectivity index (χ0n) is 25.3. The van der Waals surface area contributed by atoms with Gasteiger partial charge in [0.15, 0.2) is 0 Å². The molecule has 0 atom stereocenters. The lowest BCUT2D eigenvalue weighted by atomic mass is 10.2. The van der Waals surface area contributed by atoms with Crippen LogP contribution in [0, 0.1) is 0 Å². The first-order chi connectivity index (χ1) is 21.0. The third-order valence-corrected chi connectivity index (χ3v) is 6.51. The number of amides is 4. The van der Waals surface area contributed by atoms with Gasteiger partial charge in [0.1, 0.15) is 0 Å². The molecule has 0 aromatic rings. The summed E-state index contributed by atoms with van der Waals surface area (Å²) in [5.41, 5.74) is 0. The number of thiol groups is 1. The van der Waals surface area contributed by atoms with Crippen LogP contribution in [0.3, 0.4) is 0 Å². The van der Waals surface area contributed by atoms with Gasteiger partial charge in [-0.15, -0.1) is 0 Å². The zero-order chi connectivity index (χ0) is 31.4. The minimum atomic E-state index is -0.127. The van der Waals surface area contributed by atoms with Crippen LogP contribution in [0.1, 0.15) is 32.1 Å². The van der Waals surface area contributed by atoms with Crippen LogP contribution in [0.5, 0.6) is 0 Å². The molecule has 1 saturated heterocycles. The average Bonchev–Trinajstić information content (AvgIpc) is 3.02. The van der Waals surface area contributed by atoms with Crippen molar-refractivity contribution >= 4 is 44.3 Å². The Labute approximate surface area is 262 Å². The number of rotatable bonds is 27. The highest BCUT2D eigenvalue weighted by molar-refractivity contribution is 7.81. The molecular formula is C27H49BN4O10S. The normalized spacial score (nSPS) is 13.2. The van der Waals surface area contributed by atoms with E-state index < -0.39 is 0 Å². The van der Waals surface area contributed by atoms with Gasteiger partial charge < -0.3 is 48.8 Å². The van der Waals surface area contributed by atoms with E-state index in [0.717, 1.165) is 12.8 Å². The van der Waals surface area contributed by atoms with Crippen molar-refractivity contribution in [3.05, 3.63) is 0 Å². The topological polar surface area (TPSA) is 154 Å². The van der Waals surface area contributed by atoms with Crippen LogP contribution in [0.4, 0.5) is 0 Å². The van der Waals surface area contributed by atoms with Gasteiger partial charge in [0.2, 0.25) is 23.6 Å². The van der Waals surface area contributed by atoms with E-state index in [1.165, 1.54) is 0 Å². The van der Waals surface area contributed by atoms with Crippen molar-refractivity contribution < 1.29 is 47.5 Å². The number of ether oxygens (including phenoxy) is 5. The van der Waals surface area contributed by atoms with Gasteiger partial charge in [-0.1, -0.05) is 0 Å². The van der Waals surface area contributed by atoms with Crippen LogP contribution in [-0.4, -0.2) is 159 Å². The van der Waals surface area contributed by atoms with Crippen LogP contribution >= 0.6 is 12.6 Å². The van der Waals surface area contributed by atoms with E-state index in [2.05, 4.69) is 27.9 Å². The maximum absolute atomic E-state index is 12.4. The fraction of sp³-hybridized carbons (Fsp3) is 0.852. The van der Waals surface area contributed by atoms with Gasteiger partial charge in [-0.25, -0.2) is 0 Å². The number of nitrogens with zero attached hydrogens (tertiary/aromatic N) is 2. The van der Waals surface area contributed by atoms with Crippen LogP contribution in [0.25, 0.3) is 0 Å². The molecule has 14 nitrogen and oxygen atoms in total. The number of carbonyl (C=O) groups excluding carboxylic acids is 4. The van der Waals surface area contributed by atoms with Crippen molar-refractivity contribution in [3.63, 3.8) is 0 Å². The molecule has 16 heteroatoms. The highest BCUT2D eigenvalue weighted by atomic mass is 32.1. The summed E-state index contributed by atoms with van der Waals surface area (Å²) in [6.45, 7) is 7.20. The highest BCUT2D eigenvalue weighted by Gasteiger charge is 2.23. The molecule has 43 heavy (non-hydrogen) atoms. The summed E-state index contributed by atoms with van der Waals surface area (Å²) in [6.07, 6.45) is 2.33. The Balaban J connectivity index is 1.91. The molecule has 1 aliphatic rings. The second-order valence-corrected chi connectivity index (χ2v) is 9.83. The van der Waals surface area contributed by atoms with Gasteiger partial charge in [-0.05, 0) is 12.8 Å². The quantitative estimate of drug-likeness (QED) is 0.0581. The minimum absolute atomic E-state index is 0.00190. The first-order valence-corrected chi connectivity index (χ1v) is 15.5. The summed E-state index contributed by atoms with van der Waals surface area (Å²) in [5.74, 6) is -0.0775. The Morgan fingerprint density at radius 2 is 1.00 bits per heavy atom. The van der Waals surface area contributed by atoms with Crippen molar-refractivity contribution in [2.75, 3.05) is 118 Å². The molecule has 0 bridgehead atoms. The van der Waals surface area contributed by atoms with Crippen molar-refractivity contribution in [1.82, 2.24) is 20.4 Å². The van der Waals surface area contributed by atoms with Crippen molar-refractivity contribution in [1.29, 1.82) is 0 Å². The molecule has 2 radical (unpaired) electrons. The molecule has 1 aliphatic heterocycles. The van der Waals surface area contributed by atoms with Crippen LogP contribution in [0.15, 0.2) is 0 Å². The minimum Gasteiger partial charge on any atom is -0.448 e. The molecule has 1 heterocycles.